The fraction of sp³-hybridized carbons (Fsp3) is 0.174. The van der Waals surface area contributed by atoms with Crippen LogP contribution in [0.1, 0.15) is 23.6 Å². The van der Waals surface area contributed by atoms with Crippen molar-refractivity contribution in [2.24, 2.45) is 0 Å². The third kappa shape index (κ3) is 5.98. The summed E-state index contributed by atoms with van der Waals surface area (Å²) in [6, 6.07) is 26.3. The van der Waals surface area contributed by atoms with Gasteiger partial charge in [-0.25, -0.2) is 5.48 Å². The van der Waals surface area contributed by atoms with Gasteiger partial charge in [0.15, 0.2) is 0 Å². The second kappa shape index (κ2) is 9.95. The van der Waals surface area contributed by atoms with Crippen molar-refractivity contribution in [2.75, 3.05) is 0 Å². The van der Waals surface area contributed by atoms with Gasteiger partial charge in [0.05, 0.1) is 13.0 Å². The first-order chi connectivity index (χ1) is 13.2. The van der Waals surface area contributed by atoms with Gasteiger partial charge in [0.25, 0.3) is 0 Å². The zero-order valence-corrected chi connectivity index (χ0v) is 16.2. The van der Waals surface area contributed by atoms with E-state index < -0.39 is 0 Å². The van der Waals surface area contributed by atoms with Crippen molar-refractivity contribution in [3.8, 4) is 0 Å². The molecule has 0 heterocycles. The molecule has 0 aliphatic rings. The molecule has 0 aliphatic carbocycles. The molecule has 27 heavy (non-hydrogen) atoms. The molecule has 1 amide bonds. The minimum Gasteiger partial charge on any atom is -0.272 e. The number of aryl methyl sites for hydroxylation is 1. The van der Waals surface area contributed by atoms with Crippen molar-refractivity contribution in [1.29, 1.82) is 0 Å². The molecule has 4 heteroatoms. The van der Waals surface area contributed by atoms with E-state index in [1.54, 1.807) is 11.8 Å². The Hall–Kier alpha value is -2.56. The summed E-state index contributed by atoms with van der Waals surface area (Å²) in [4.78, 5) is 19.8. The largest absolute Gasteiger partial charge is 0.272 e. The predicted octanol–water partition coefficient (Wildman–Crippen LogP) is 5.19. The number of rotatable bonds is 8. The van der Waals surface area contributed by atoms with Crippen molar-refractivity contribution in [1.82, 2.24) is 5.48 Å². The number of hydroxylamine groups is 1. The maximum absolute atomic E-state index is 12.2. The Morgan fingerprint density at radius 2 is 1.59 bits per heavy atom. The van der Waals surface area contributed by atoms with Crippen molar-refractivity contribution in [3.63, 3.8) is 0 Å². The Morgan fingerprint density at radius 3 is 2.33 bits per heavy atom. The first-order valence-electron chi connectivity index (χ1n) is 9.04. The van der Waals surface area contributed by atoms with E-state index in [-0.39, 0.29) is 12.3 Å². The standard InChI is InChI=1S/C23H23NO2S/c1-2-18-12-14-21(15-13-18)27-22-11-7-6-10-20(22)16-23(25)24-26-17-19-8-4-3-5-9-19/h3-15H,2,16-17H2,1H3,(H,24,25). The van der Waals surface area contributed by atoms with Crippen LogP contribution < -0.4 is 5.48 Å². The van der Waals surface area contributed by atoms with E-state index in [9.17, 15) is 4.79 Å². The van der Waals surface area contributed by atoms with Crippen molar-refractivity contribution < 1.29 is 9.63 Å². The molecule has 0 saturated carbocycles. The first kappa shape index (κ1) is 19.2. The Kier molecular flexibility index (Phi) is 7.08. The monoisotopic (exact) mass is 377 g/mol. The summed E-state index contributed by atoms with van der Waals surface area (Å²) in [5.41, 5.74) is 5.87. The number of hydrogen-bond donors (Lipinski definition) is 1. The third-order valence-corrected chi connectivity index (χ3v) is 5.28. The highest BCUT2D eigenvalue weighted by atomic mass is 32.2. The molecule has 0 aliphatic heterocycles. The van der Waals surface area contributed by atoms with Gasteiger partial charge in [-0.15, -0.1) is 0 Å². The van der Waals surface area contributed by atoms with Gasteiger partial charge < -0.3 is 0 Å². The minimum atomic E-state index is -0.152. The lowest BCUT2D eigenvalue weighted by Gasteiger charge is -2.10. The highest BCUT2D eigenvalue weighted by Gasteiger charge is 2.09. The van der Waals surface area contributed by atoms with Gasteiger partial charge in [-0.2, -0.15) is 0 Å². The summed E-state index contributed by atoms with van der Waals surface area (Å²) >= 11 is 1.68. The third-order valence-electron chi connectivity index (χ3n) is 4.15. The lowest BCUT2D eigenvalue weighted by Crippen LogP contribution is -2.25. The van der Waals surface area contributed by atoms with Crippen LogP contribution in [0.4, 0.5) is 0 Å². The van der Waals surface area contributed by atoms with E-state index >= 15 is 0 Å². The van der Waals surface area contributed by atoms with Crippen LogP contribution in [-0.2, 0) is 29.1 Å². The second-order valence-corrected chi connectivity index (χ2v) is 7.30. The number of carbonyl (C=O) groups is 1. The Morgan fingerprint density at radius 1 is 0.889 bits per heavy atom. The summed E-state index contributed by atoms with van der Waals surface area (Å²) < 4.78 is 0. The fourth-order valence-corrected chi connectivity index (χ4v) is 3.60. The average molecular weight is 378 g/mol. The summed E-state index contributed by atoms with van der Waals surface area (Å²) in [5, 5.41) is 0. The predicted molar refractivity (Wildman–Crippen MR) is 109 cm³/mol. The van der Waals surface area contributed by atoms with E-state index in [2.05, 4.69) is 36.7 Å². The van der Waals surface area contributed by atoms with E-state index in [0.29, 0.717) is 6.61 Å². The Balaban J connectivity index is 1.57. The molecule has 3 aromatic rings. The highest BCUT2D eigenvalue weighted by Crippen LogP contribution is 2.30. The Labute approximate surface area is 164 Å². The van der Waals surface area contributed by atoms with Crippen molar-refractivity contribution in [3.05, 3.63) is 95.6 Å². The van der Waals surface area contributed by atoms with E-state index in [0.717, 1.165) is 22.4 Å². The lowest BCUT2D eigenvalue weighted by atomic mass is 10.1. The van der Waals surface area contributed by atoms with E-state index in [1.807, 2.05) is 54.6 Å². The molecule has 0 spiro atoms. The van der Waals surface area contributed by atoms with E-state index in [4.69, 9.17) is 4.84 Å². The van der Waals surface area contributed by atoms with Crippen LogP contribution in [-0.4, -0.2) is 5.91 Å². The fourth-order valence-electron chi connectivity index (χ4n) is 2.65. The van der Waals surface area contributed by atoms with Crippen molar-refractivity contribution >= 4 is 17.7 Å². The van der Waals surface area contributed by atoms with Crippen LogP contribution >= 0.6 is 11.8 Å². The molecule has 0 bridgehead atoms. The molecule has 0 radical (unpaired) electrons. The van der Waals surface area contributed by atoms with Gasteiger partial charge >= 0.3 is 0 Å². The first-order valence-corrected chi connectivity index (χ1v) is 9.85. The number of carbonyl (C=O) groups excluding carboxylic acids is 1. The van der Waals surface area contributed by atoms with Gasteiger partial charge in [0, 0.05) is 9.79 Å². The smallest absolute Gasteiger partial charge is 0.248 e. The topological polar surface area (TPSA) is 38.3 Å². The average Bonchev–Trinajstić information content (AvgIpc) is 2.71. The zero-order valence-electron chi connectivity index (χ0n) is 15.4. The summed E-state index contributed by atoms with van der Waals surface area (Å²) in [5.74, 6) is -0.152. The quantitative estimate of drug-likeness (QED) is 0.549. The van der Waals surface area contributed by atoms with Crippen LogP contribution in [0.25, 0.3) is 0 Å². The molecule has 3 rings (SSSR count). The van der Waals surface area contributed by atoms with Gasteiger partial charge in [-0.05, 0) is 41.3 Å². The molecule has 0 aromatic heterocycles. The normalized spacial score (nSPS) is 10.6. The van der Waals surface area contributed by atoms with Gasteiger partial charge in [0.2, 0.25) is 5.91 Å². The number of benzene rings is 3. The van der Waals surface area contributed by atoms with Crippen LogP contribution in [0.2, 0.25) is 0 Å². The maximum Gasteiger partial charge on any atom is 0.248 e. The van der Waals surface area contributed by atoms with E-state index in [1.165, 1.54) is 10.5 Å². The van der Waals surface area contributed by atoms with Gasteiger partial charge in [-0.3, -0.25) is 9.63 Å². The van der Waals surface area contributed by atoms with Crippen molar-refractivity contribution in [2.45, 2.75) is 36.2 Å². The number of nitrogens with one attached hydrogen (secondary N) is 1. The molecular formula is C23H23NO2S. The molecule has 0 fully saturated rings. The molecule has 0 atom stereocenters. The minimum absolute atomic E-state index is 0.152. The summed E-state index contributed by atoms with van der Waals surface area (Å²) in [6.07, 6.45) is 1.32. The summed E-state index contributed by atoms with van der Waals surface area (Å²) in [6.45, 7) is 2.50. The summed E-state index contributed by atoms with van der Waals surface area (Å²) in [7, 11) is 0. The maximum atomic E-state index is 12.2. The SMILES string of the molecule is CCc1ccc(Sc2ccccc2CC(=O)NOCc2ccccc2)cc1. The second-order valence-electron chi connectivity index (χ2n) is 6.18. The van der Waals surface area contributed by atoms with Gasteiger partial charge in [0.1, 0.15) is 0 Å². The van der Waals surface area contributed by atoms with Gasteiger partial charge in [-0.1, -0.05) is 79.3 Å². The highest BCUT2D eigenvalue weighted by molar-refractivity contribution is 7.99. The molecule has 138 valence electrons. The van der Waals surface area contributed by atoms with Crippen LogP contribution in [0.5, 0.6) is 0 Å². The van der Waals surface area contributed by atoms with Crippen LogP contribution in [0, 0.1) is 0 Å². The number of amides is 1. The zero-order chi connectivity index (χ0) is 18.9. The molecule has 3 nitrogen and oxygen atoms in total. The number of hydrogen-bond acceptors (Lipinski definition) is 3. The lowest BCUT2D eigenvalue weighted by molar-refractivity contribution is -0.133. The molecule has 0 saturated heterocycles. The molecule has 3 aromatic carbocycles. The van der Waals surface area contributed by atoms with Crippen LogP contribution in [0.3, 0.4) is 0 Å². The molecular weight excluding hydrogens is 354 g/mol. The van der Waals surface area contributed by atoms with Crippen LogP contribution in [0.15, 0.2) is 88.7 Å². The molecule has 1 N–H and O–H groups in total. The molecule has 0 unspecified atom stereocenters. The Bertz CT molecular complexity index is 863.